The molecule has 2 aromatic carbocycles. The van der Waals surface area contributed by atoms with Crippen LogP contribution in [0, 0.1) is 0 Å². The highest BCUT2D eigenvalue weighted by Crippen LogP contribution is 2.37. The van der Waals surface area contributed by atoms with Crippen molar-refractivity contribution in [2.75, 3.05) is 0 Å². The SMILES string of the molecule is CC/C=C(\CCC)c1c2cccc(-c3ccc(Cl)cc3Cl)c2nn1C.Cl. The third-order valence-electron chi connectivity index (χ3n) is 4.36. The molecular formula is C21H23Cl3N2. The maximum atomic E-state index is 6.44. The molecule has 0 amide bonds. The standard InChI is InChI=1S/C21H22Cl2N2.ClH/c1-4-7-14(8-5-2)21-18-10-6-9-17(20(18)24-25(21)3)16-12-11-15(22)13-19(16)23;/h6-7,9-13H,4-5,8H2,1-3H3;1H/b14-7+;. The van der Waals surface area contributed by atoms with Gasteiger partial charge in [0.1, 0.15) is 5.52 Å². The van der Waals surface area contributed by atoms with E-state index in [0.29, 0.717) is 10.0 Å². The predicted molar refractivity (Wildman–Crippen MR) is 117 cm³/mol. The number of aromatic nitrogens is 2. The lowest BCUT2D eigenvalue weighted by molar-refractivity contribution is 0.760. The van der Waals surface area contributed by atoms with Crippen LogP contribution in [-0.2, 0) is 7.05 Å². The zero-order chi connectivity index (χ0) is 18.0. The van der Waals surface area contributed by atoms with Gasteiger partial charge >= 0.3 is 0 Å². The summed E-state index contributed by atoms with van der Waals surface area (Å²) in [5.74, 6) is 0. The van der Waals surface area contributed by atoms with E-state index in [1.165, 1.54) is 16.7 Å². The molecular weight excluding hydrogens is 387 g/mol. The molecule has 0 unspecified atom stereocenters. The van der Waals surface area contributed by atoms with E-state index < -0.39 is 0 Å². The smallest absolute Gasteiger partial charge is 0.101 e. The van der Waals surface area contributed by atoms with E-state index >= 15 is 0 Å². The van der Waals surface area contributed by atoms with Gasteiger partial charge in [-0.25, -0.2) is 0 Å². The van der Waals surface area contributed by atoms with Crippen molar-refractivity contribution in [3.63, 3.8) is 0 Å². The van der Waals surface area contributed by atoms with Crippen molar-refractivity contribution in [2.45, 2.75) is 33.1 Å². The Morgan fingerprint density at radius 1 is 1.12 bits per heavy atom. The number of nitrogens with zero attached hydrogens (tertiary/aromatic N) is 2. The Morgan fingerprint density at radius 2 is 1.88 bits per heavy atom. The van der Waals surface area contributed by atoms with E-state index in [1.54, 1.807) is 6.07 Å². The van der Waals surface area contributed by atoms with Crippen LogP contribution < -0.4 is 0 Å². The highest BCUT2D eigenvalue weighted by atomic mass is 35.5. The Balaban J connectivity index is 0.00000243. The third-order valence-corrected chi connectivity index (χ3v) is 4.91. The van der Waals surface area contributed by atoms with E-state index in [4.69, 9.17) is 28.3 Å². The first-order valence-corrected chi connectivity index (χ1v) is 9.43. The third kappa shape index (κ3) is 3.93. The Labute approximate surface area is 171 Å². The Bertz CT molecular complexity index is 942. The van der Waals surface area contributed by atoms with Crippen molar-refractivity contribution in [3.8, 4) is 11.1 Å². The molecule has 1 aromatic heterocycles. The van der Waals surface area contributed by atoms with Crippen LogP contribution >= 0.6 is 35.6 Å². The highest BCUT2D eigenvalue weighted by Gasteiger charge is 2.17. The number of allylic oxidation sites excluding steroid dienone is 2. The average Bonchev–Trinajstić information content (AvgIpc) is 2.91. The number of halogens is 3. The van der Waals surface area contributed by atoms with Gasteiger partial charge in [0.15, 0.2) is 0 Å². The fourth-order valence-corrected chi connectivity index (χ4v) is 3.87. The van der Waals surface area contributed by atoms with E-state index in [-0.39, 0.29) is 12.4 Å². The zero-order valence-corrected chi connectivity index (χ0v) is 17.5. The Morgan fingerprint density at radius 3 is 2.54 bits per heavy atom. The average molecular weight is 410 g/mol. The van der Waals surface area contributed by atoms with Crippen LogP contribution in [0.4, 0.5) is 0 Å². The van der Waals surface area contributed by atoms with Crippen molar-refractivity contribution in [1.82, 2.24) is 9.78 Å². The first-order valence-electron chi connectivity index (χ1n) is 8.67. The maximum absolute atomic E-state index is 6.44. The summed E-state index contributed by atoms with van der Waals surface area (Å²) in [6, 6.07) is 11.9. The molecule has 0 atom stereocenters. The second-order valence-electron chi connectivity index (χ2n) is 6.19. The molecule has 2 nitrogen and oxygen atoms in total. The first kappa shape index (κ1) is 20.8. The quantitative estimate of drug-likeness (QED) is 0.425. The normalized spacial score (nSPS) is 11.7. The molecule has 0 fully saturated rings. The molecule has 3 rings (SSSR count). The van der Waals surface area contributed by atoms with Crippen molar-refractivity contribution in [3.05, 3.63) is 58.2 Å². The lowest BCUT2D eigenvalue weighted by Crippen LogP contribution is -1.98. The largest absolute Gasteiger partial charge is 0.267 e. The van der Waals surface area contributed by atoms with Gasteiger partial charge in [-0.1, -0.05) is 73.8 Å². The molecule has 3 aromatic rings. The topological polar surface area (TPSA) is 17.8 Å². The minimum Gasteiger partial charge on any atom is -0.267 e. The molecule has 0 radical (unpaired) electrons. The summed E-state index contributed by atoms with van der Waals surface area (Å²) in [5.41, 5.74) is 5.52. The number of benzene rings is 2. The molecule has 0 N–H and O–H groups in total. The van der Waals surface area contributed by atoms with Gasteiger partial charge in [-0.2, -0.15) is 5.10 Å². The molecule has 1 heterocycles. The second kappa shape index (κ2) is 8.94. The zero-order valence-electron chi connectivity index (χ0n) is 15.2. The summed E-state index contributed by atoms with van der Waals surface area (Å²) < 4.78 is 2.00. The molecule has 5 heteroatoms. The van der Waals surface area contributed by atoms with Gasteiger partial charge in [-0.3, -0.25) is 4.68 Å². The minimum atomic E-state index is 0. The Kier molecular flexibility index (Phi) is 7.16. The van der Waals surface area contributed by atoms with Crippen LogP contribution in [0.2, 0.25) is 10.0 Å². The van der Waals surface area contributed by atoms with Crippen molar-refractivity contribution in [1.29, 1.82) is 0 Å². The maximum Gasteiger partial charge on any atom is 0.101 e. The Hall–Kier alpha value is -1.48. The van der Waals surface area contributed by atoms with Crippen LogP contribution in [0.25, 0.3) is 27.6 Å². The van der Waals surface area contributed by atoms with Gasteiger partial charge in [-0.05, 0) is 30.5 Å². The summed E-state index contributed by atoms with van der Waals surface area (Å²) in [5, 5.41) is 7.27. The molecule has 0 aliphatic heterocycles. The van der Waals surface area contributed by atoms with Gasteiger partial charge in [-0.15, -0.1) is 12.4 Å². The molecule has 0 spiro atoms. The molecule has 138 valence electrons. The monoisotopic (exact) mass is 408 g/mol. The minimum absolute atomic E-state index is 0. The number of hydrogen-bond acceptors (Lipinski definition) is 1. The lowest BCUT2D eigenvalue weighted by Gasteiger charge is -2.08. The number of fused-ring (bicyclic) bond motifs is 1. The van der Waals surface area contributed by atoms with Gasteiger partial charge in [0, 0.05) is 33.6 Å². The second-order valence-corrected chi connectivity index (χ2v) is 7.03. The fourth-order valence-electron chi connectivity index (χ4n) is 3.36. The number of hydrogen-bond donors (Lipinski definition) is 0. The first-order chi connectivity index (χ1) is 12.1. The van der Waals surface area contributed by atoms with Crippen molar-refractivity contribution >= 4 is 52.1 Å². The van der Waals surface area contributed by atoms with Crippen molar-refractivity contribution < 1.29 is 0 Å². The van der Waals surface area contributed by atoms with Gasteiger partial charge in [0.2, 0.25) is 0 Å². The summed E-state index contributed by atoms with van der Waals surface area (Å²) in [6.07, 6.45) is 5.49. The van der Waals surface area contributed by atoms with Crippen LogP contribution in [0.3, 0.4) is 0 Å². The van der Waals surface area contributed by atoms with E-state index in [9.17, 15) is 0 Å². The van der Waals surface area contributed by atoms with Crippen LogP contribution in [-0.4, -0.2) is 9.78 Å². The van der Waals surface area contributed by atoms with E-state index in [2.05, 4.69) is 38.1 Å². The predicted octanol–water partition coefficient (Wildman–Crippen LogP) is 7.56. The van der Waals surface area contributed by atoms with Gasteiger partial charge in [0.05, 0.1) is 5.69 Å². The summed E-state index contributed by atoms with van der Waals surface area (Å²) in [7, 11) is 2.02. The molecule has 0 saturated heterocycles. The molecule has 0 saturated carbocycles. The molecule has 26 heavy (non-hydrogen) atoms. The van der Waals surface area contributed by atoms with Crippen LogP contribution in [0.15, 0.2) is 42.5 Å². The van der Waals surface area contributed by atoms with Crippen molar-refractivity contribution in [2.24, 2.45) is 7.05 Å². The molecule has 0 bridgehead atoms. The molecule has 0 aliphatic rings. The summed E-state index contributed by atoms with van der Waals surface area (Å²) in [4.78, 5) is 0. The summed E-state index contributed by atoms with van der Waals surface area (Å²) in [6.45, 7) is 4.38. The lowest BCUT2D eigenvalue weighted by atomic mass is 9.98. The number of rotatable bonds is 5. The fraction of sp³-hybridized carbons (Fsp3) is 0.286. The van der Waals surface area contributed by atoms with E-state index in [0.717, 1.165) is 35.9 Å². The molecule has 0 aliphatic carbocycles. The highest BCUT2D eigenvalue weighted by molar-refractivity contribution is 6.36. The summed E-state index contributed by atoms with van der Waals surface area (Å²) >= 11 is 12.5. The van der Waals surface area contributed by atoms with Gasteiger partial charge < -0.3 is 0 Å². The van der Waals surface area contributed by atoms with Crippen LogP contribution in [0.1, 0.15) is 38.8 Å². The van der Waals surface area contributed by atoms with Gasteiger partial charge in [0.25, 0.3) is 0 Å². The van der Waals surface area contributed by atoms with E-state index in [1.807, 2.05) is 23.9 Å². The van der Waals surface area contributed by atoms with Crippen LogP contribution in [0.5, 0.6) is 0 Å². The number of aryl methyl sites for hydroxylation is 1.